The first-order valence-electron chi connectivity index (χ1n) is 11.8. The van der Waals surface area contributed by atoms with Crippen molar-refractivity contribution in [3.63, 3.8) is 0 Å². The Balaban J connectivity index is 1.67. The van der Waals surface area contributed by atoms with Gasteiger partial charge in [-0.1, -0.05) is 24.3 Å². The minimum absolute atomic E-state index is 0.0803. The molecule has 0 spiro atoms. The summed E-state index contributed by atoms with van der Waals surface area (Å²) in [4.78, 5) is 50.9. The van der Waals surface area contributed by atoms with Crippen LogP contribution in [0.15, 0.2) is 48.5 Å². The number of carbonyl (C=O) groups excluding carboxylic acids is 4. The van der Waals surface area contributed by atoms with Crippen molar-refractivity contribution >= 4 is 35.0 Å². The first-order chi connectivity index (χ1) is 16.6. The van der Waals surface area contributed by atoms with Crippen LogP contribution in [0.1, 0.15) is 43.2 Å². The molecule has 0 aromatic heterocycles. The minimum atomic E-state index is -0.148. The van der Waals surface area contributed by atoms with E-state index in [9.17, 15) is 19.2 Å². The van der Waals surface area contributed by atoms with Crippen LogP contribution in [-0.4, -0.2) is 61.6 Å². The number of benzene rings is 2. The molecule has 4 amide bonds. The Bertz CT molecular complexity index is 917. The van der Waals surface area contributed by atoms with Crippen molar-refractivity contribution in [1.29, 1.82) is 0 Å². The molecule has 0 unspecified atom stereocenters. The molecule has 0 aliphatic carbocycles. The maximum absolute atomic E-state index is 12.2. The zero-order chi connectivity index (χ0) is 25.8. The van der Waals surface area contributed by atoms with E-state index in [-0.39, 0.29) is 36.5 Å². The molecule has 8 nitrogen and oxygen atoms in total. The van der Waals surface area contributed by atoms with Crippen LogP contribution in [0.4, 0.5) is 11.4 Å². The third-order valence-corrected chi connectivity index (χ3v) is 5.54. The number of anilines is 2. The maximum atomic E-state index is 12.2. The Labute approximate surface area is 207 Å². The van der Waals surface area contributed by atoms with Gasteiger partial charge in [0.15, 0.2) is 0 Å². The predicted octanol–water partition coefficient (Wildman–Crippen LogP) is 3.48. The van der Waals surface area contributed by atoms with Crippen LogP contribution in [0.3, 0.4) is 0 Å². The van der Waals surface area contributed by atoms with Crippen LogP contribution in [0.2, 0.25) is 0 Å². The monoisotopic (exact) mass is 480 g/mol. The second-order valence-corrected chi connectivity index (χ2v) is 8.92. The van der Waals surface area contributed by atoms with Crippen molar-refractivity contribution in [3.05, 3.63) is 59.7 Å². The summed E-state index contributed by atoms with van der Waals surface area (Å²) >= 11 is 0. The molecule has 35 heavy (non-hydrogen) atoms. The predicted molar refractivity (Wildman–Crippen MR) is 138 cm³/mol. The van der Waals surface area contributed by atoms with Crippen LogP contribution in [0.5, 0.6) is 0 Å². The zero-order valence-corrected chi connectivity index (χ0v) is 21.1. The molecule has 8 heteroatoms. The number of hydrogen-bond donors (Lipinski definition) is 2. The summed E-state index contributed by atoms with van der Waals surface area (Å²) in [5, 5.41) is 5.67. The molecule has 0 radical (unpaired) electrons. The van der Waals surface area contributed by atoms with Gasteiger partial charge >= 0.3 is 0 Å². The normalized spacial score (nSPS) is 10.4. The van der Waals surface area contributed by atoms with Gasteiger partial charge in [0.1, 0.15) is 0 Å². The van der Waals surface area contributed by atoms with E-state index in [0.29, 0.717) is 43.5 Å². The molecule has 0 heterocycles. The lowest BCUT2D eigenvalue weighted by Gasteiger charge is -2.10. The fourth-order valence-electron chi connectivity index (χ4n) is 3.32. The van der Waals surface area contributed by atoms with Crippen LogP contribution in [-0.2, 0) is 32.0 Å². The first-order valence-corrected chi connectivity index (χ1v) is 11.8. The number of amides is 4. The number of aryl methyl sites for hydroxylation is 2. The zero-order valence-electron chi connectivity index (χ0n) is 21.1. The van der Waals surface area contributed by atoms with E-state index in [1.54, 1.807) is 38.0 Å². The lowest BCUT2D eigenvalue weighted by molar-refractivity contribution is -0.129. The SMILES string of the molecule is CN(C)C(=O)CCc1ccc(NC(=O)CCCC(=O)Nc2ccc(CCC(=O)N(C)C)cc2)cc1. The van der Waals surface area contributed by atoms with Gasteiger partial charge in [-0.25, -0.2) is 0 Å². The molecule has 188 valence electrons. The van der Waals surface area contributed by atoms with Gasteiger partial charge in [-0.15, -0.1) is 0 Å². The number of carbonyl (C=O) groups is 4. The molecular formula is C27H36N4O4. The Morgan fingerprint density at radius 1 is 0.571 bits per heavy atom. The highest BCUT2D eigenvalue weighted by molar-refractivity contribution is 5.93. The first kappa shape index (κ1) is 27.6. The highest BCUT2D eigenvalue weighted by Gasteiger charge is 2.09. The highest BCUT2D eigenvalue weighted by atomic mass is 16.2. The topological polar surface area (TPSA) is 98.8 Å². The molecule has 2 aromatic carbocycles. The van der Waals surface area contributed by atoms with Gasteiger partial charge < -0.3 is 20.4 Å². The number of hydrogen-bond acceptors (Lipinski definition) is 4. The number of nitrogens with one attached hydrogen (secondary N) is 2. The highest BCUT2D eigenvalue weighted by Crippen LogP contribution is 2.14. The summed E-state index contributed by atoms with van der Waals surface area (Å²) in [5.41, 5.74) is 3.44. The molecule has 0 saturated carbocycles. The molecule has 0 aliphatic rings. The third-order valence-electron chi connectivity index (χ3n) is 5.54. The molecule has 2 rings (SSSR count). The van der Waals surface area contributed by atoms with Crippen molar-refractivity contribution in [2.45, 2.75) is 44.9 Å². The Hall–Kier alpha value is -3.68. The van der Waals surface area contributed by atoms with E-state index >= 15 is 0 Å². The summed E-state index contributed by atoms with van der Waals surface area (Å²) in [6.45, 7) is 0. The van der Waals surface area contributed by atoms with Crippen molar-refractivity contribution in [1.82, 2.24) is 9.80 Å². The summed E-state index contributed by atoms with van der Waals surface area (Å²) in [6, 6.07) is 14.9. The van der Waals surface area contributed by atoms with Crippen LogP contribution in [0.25, 0.3) is 0 Å². The van der Waals surface area contributed by atoms with Crippen LogP contribution in [0, 0.1) is 0 Å². The van der Waals surface area contributed by atoms with Gasteiger partial charge in [-0.2, -0.15) is 0 Å². The van der Waals surface area contributed by atoms with Gasteiger partial charge in [-0.05, 0) is 54.7 Å². The number of rotatable bonds is 12. The van der Waals surface area contributed by atoms with Gasteiger partial charge in [0, 0.05) is 65.2 Å². The molecule has 0 atom stereocenters. The maximum Gasteiger partial charge on any atom is 0.224 e. The average Bonchev–Trinajstić information content (AvgIpc) is 2.82. The fraction of sp³-hybridized carbons (Fsp3) is 0.407. The molecule has 0 fully saturated rings. The van der Waals surface area contributed by atoms with E-state index in [4.69, 9.17) is 0 Å². The van der Waals surface area contributed by atoms with Gasteiger partial charge in [0.05, 0.1) is 0 Å². The van der Waals surface area contributed by atoms with Crippen LogP contribution < -0.4 is 10.6 Å². The average molecular weight is 481 g/mol. The molecule has 0 bridgehead atoms. The summed E-state index contributed by atoms with van der Waals surface area (Å²) in [5.74, 6) is -0.136. The number of nitrogens with zero attached hydrogens (tertiary/aromatic N) is 2. The van der Waals surface area contributed by atoms with Gasteiger partial charge in [-0.3, -0.25) is 19.2 Å². The van der Waals surface area contributed by atoms with Crippen molar-refractivity contribution < 1.29 is 19.2 Å². The fourth-order valence-corrected chi connectivity index (χ4v) is 3.32. The van der Waals surface area contributed by atoms with E-state index in [1.807, 2.05) is 48.5 Å². The van der Waals surface area contributed by atoms with E-state index in [2.05, 4.69) is 10.6 Å². The van der Waals surface area contributed by atoms with E-state index in [0.717, 1.165) is 11.1 Å². The Morgan fingerprint density at radius 3 is 1.23 bits per heavy atom. The smallest absolute Gasteiger partial charge is 0.224 e. The van der Waals surface area contributed by atoms with E-state index in [1.165, 1.54) is 0 Å². The minimum Gasteiger partial charge on any atom is -0.349 e. The molecule has 2 N–H and O–H groups in total. The Morgan fingerprint density at radius 2 is 0.914 bits per heavy atom. The summed E-state index contributed by atoms with van der Waals surface area (Å²) in [7, 11) is 6.95. The van der Waals surface area contributed by atoms with E-state index < -0.39 is 0 Å². The van der Waals surface area contributed by atoms with Crippen LogP contribution >= 0.6 is 0 Å². The quantitative estimate of drug-likeness (QED) is 0.486. The second kappa shape index (κ2) is 13.9. The lowest BCUT2D eigenvalue weighted by Crippen LogP contribution is -2.21. The lowest BCUT2D eigenvalue weighted by atomic mass is 10.1. The summed E-state index contributed by atoms with van der Waals surface area (Å²) in [6.07, 6.45) is 3.12. The van der Waals surface area contributed by atoms with Gasteiger partial charge in [0.2, 0.25) is 23.6 Å². The third kappa shape index (κ3) is 10.4. The largest absolute Gasteiger partial charge is 0.349 e. The van der Waals surface area contributed by atoms with Crippen molar-refractivity contribution in [3.8, 4) is 0 Å². The van der Waals surface area contributed by atoms with Gasteiger partial charge in [0.25, 0.3) is 0 Å². The molecule has 0 saturated heterocycles. The second-order valence-electron chi connectivity index (χ2n) is 8.92. The standard InChI is InChI=1S/C27H36N4O4/c1-30(2)26(34)18-12-20-8-14-22(15-9-20)28-24(32)6-5-7-25(33)29-23-16-10-21(11-17-23)13-19-27(35)31(3)4/h8-11,14-17H,5-7,12-13,18-19H2,1-4H3,(H,28,32)(H,29,33). The summed E-state index contributed by atoms with van der Waals surface area (Å²) < 4.78 is 0. The Kier molecular flexibility index (Phi) is 10.9. The van der Waals surface area contributed by atoms with Crippen molar-refractivity contribution in [2.24, 2.45) is 0 Å². The molecule has 0 aliphatic heterocycles. The molecule has 2 aromatic rings. The van der Waals surface area contributed by atoms with Crippen molar-refractivity contribution in [2.75, 3.05) is 38.8 Å². The molecular weight excluding hydrogens is 444 g/mol.